The van der Waals surface area contributed by atoms with Crippen molar-refractivity contribution >= 4 is 40.4 Å². The van der Waals surface area contributed by atoms with Gasteiger partial charge in [0.2, 0.25) is 5.88 Å². The van der Waals surface area contributed by atoms with Crippen molar-refractivity contribution in [1.29, 1.82) is 0 Å². The van der Waals surface area contributed by atoms with E-state index in [0.29, 0.717) is 15.7 Å². The molecule has 2 aromatic heterocycles. The Labute approximate surface area is 123 Å². The van der Waals surface area contributed by atoms with E-state index in [9.17, 15) is 0 Å². The Morgan fingerprint density at radius 1 is 1.16 bits per heavy atom. The zero-order valence-corrected chi connectivity index (χ0v) is 11.9. The molecular weight excluding hydrogens is 303 g/mol. The third-order valence-corrected chi connectivity index (χ3v) is 4.30. The van der Waals surface area contributed by atoms with Gasteiger partial charge >= 0.3 is 0 Å². The van der Waals surface area contributed by atoms with Gasteiger partial charge in [-0.1, -0.05) is 40.5 Å². The highest BCUT2D eigenvalue weighted by Crippen LogP contribution is 2.39. The van der Waals surface area contributed by atoms with Crippen LogP contribution in [0, 0.1) is 0 Å². The average molecular weight is 311 g/mol. The van der Waals surface area contributed by atoms with Crippen molar-refractivity contribution < 1.29 is 4.52 Å². The van der Waals surface area contributed by atoms with Gasteiger partial charge in [-0.3, -0.25) is 0 Å². The number of aromatic nitrogens is 1. The minimum atomic E-state index is 0.266. The first-order valence-corrected chi connectivity index (χ1v) is 7.05. The number of thiophene rings is 1. The summed E-state index contributed by atoms with van der Waals surface area (Å²) >= 11 is 13.5. The summed E-state index contributed by atoms with van der Waals surface area (Å²) in [5.74, 6) is 0.266. The van der Waals surface area contributed by atoms with Crippen LogP contribution >= 0.6 is 34.5 Å². The lowest BCUT2D eigenvalue weighted by Crippen LogP contribution is -1.87. The molecule has 0 radical (unpaired) electrons. The lowest BCUT2D eigenvalue weighted by Gasteiger charge is -2.03. The molecule has 0 atom stereocenters. The Kier molecular flexibility index (Phi) is 3.22. The highest BCUT2D eigenvalue weighted by molar-refractivity contribution is 7.13. The van der Waals surface area contributed by atoms with Crippen molar-refractivity contribution in [2.45, 2.75) is 0 Å². The molecule has 0 spiro atoms. The first kappa shape index (κ1) is 12.5. The number of benzene rings is 1. The second kappa shape index (κ2) is 4.89. The Balaban J connectivity index is 2.19. The zero-order valence-electron chi connectivity index (χ0n) is 9.56. The first-order valence-electron chi connectivity index (χ1n) is 5.41. The molecule has 3 aromatic rings. The van der Waals surface area contributed by atoms with E-state index in [1.165, 1.54) is 0 Å². The predicted octanol–water partition coefficient (Wildman–Crippen LogP) is 4.96. The van der Waals surface area contributed by atoms with E-state index in [0.717, 1.165) is 16.0 Å². The highest BCUT2D eigenvalue weighted by Gasteiger charge is 2.18. The third-order valence-electron chi connectivity index (χ3n) is 2.68. The second-order valence-corrected chi connectivity index (χ2v) is 5.64. The number of hydrogen-bond donors (Lipinski definition) is 1. The molecule has 1 aromatic carbocycles. The minimum absolute atomic E-state index is 0.266. The van der Waals surface area contributed by atoms with Crippen molar-refractivity contribution in [3.8, 4) is 21.7 Å². The number of nitrogens with zero attached hydrogens (tertiary/aromatic N) is 1. The van der Waals surface area contributed by atoms with E-state index >= 15 is 0 Å². The summed E-state index contributed by atoms with van der Waals surface area (Å²) in [5, 5.41) is 6.96. The molecule has 0 fully saturated rings. The van der Waals surface area contributed by atoms with Gasteiger partial charge in [-0.2, -0.15) is 0 Å². The number of nitrogens with two attached hydrogens (primary N) is 1. The van der Waals surface area contributed by atoms with Crippen LogP contribution in [0.5, 0.6) is 0 Å². The summed E-state index contributed by atoms with van der Waals surface area (Å²) in [7, 11) is 0. The quantitative estimate of drug-likeness (QED) is 0.728. The fourth-order valence-corrected chi connectivity index (χ4v) is 2.82. The van der Waals surface area contributed by atoms with Gasteiger partial charge in [0.25, 0.3) is 0 Å². The highest BCUT2D eigenvalue weighted by atomic mass is 35.5. The van der Waals surface area contributed by atoms with Crippen LogP contribution in [0.3, 0.4) is 0 Å². The average Bonchev–Trinajstić information content (AvgIpc) is 3.01. The Bertz CT molecular complexity index is 722. The fraction of sp³-hybridized carbons (Fsp3) is 0. The summed E-state index contributed by atoms with van der Waals surface area (Å²) in [5.41, 5.74) is 8.15. The van der Waals surface area contributed by atoms with E-state index < -0.39 is 0 Å². The number of anilines is 1. The molecule has 19 heavy (non-hydrogen) atoms. The normalized spacial score (nSPS) is 10.8. The van der Waals surface area contributed by atoms with Crippen molar-refractivity contribution in [3.63, 3.8) is 0 Å². The van der Waals surface area contributed by atoms with Crippen LogP contribution in [0.1, 0.15) is 0 Å². The van der Waals surface area contributed by atoms with Crippen LogP contribution in [0.15, 0.2) is 40.2 Å². The minimum Gasteiger partial charge on any atom is -0.367 e. The Morgan fingerprint density at radius 3 is 2.68 bits per heavy atom. The molecule has 6 heteroatoms. The number of nitrogen functional groups attached to an aromatic ring is 1. The molecule has 3 rings (SSSR count). The van der Waals surface area contributed by atoms with Crippen LogP contribution in [0.2, 0.25) is 10.0 Å². The van der Waals surface area contributed by atoms with Crippen LogP contribution in [-0.2, 0) is 0 Å². The van der Waals surface area contributed by atoms with Gasteiger partial charge in [0, 0.05) is 0 Å². The van der Waals surface area contributed by atoms with Gasteiger partial charge < -0.3 is 10.3 Å². The molecule has 0 aliphatic carbocycles. The second-order valence-electron chi connectivity index (χ2n) is 3.88. The standard InChI is InChI=1S/C13H8Cl2N2OS/c14-8-4-3-7(6-9(8)15)11-12(17-18-13(11)16)10-2-1-5-19-10/h1-6H,16H2. The van der Waals surface area contributed by atoms with Gasteiger partial charge in [0.05, 0.1) is 20.5 Å². The topological polar surface area (TPSA) is 52.0 Å². The maximum atomic E-state index is 6.04. The Morgan fingerprint density at radius 2 is 2.00 bits per heavy atom. The third kappa shape index (κ3) is 2.23. The summed E-state index contributed by atoms with van der Waals surface area (Å²) in [6.07, 6.45) is 0. The van der Waals surface area contributed by atoms with Gasteiger partial charge in [0.15, 0.2) is 0 Å². The van der Waals surface area contributed by atoms with Crippen molar-refractivity contribution in [3.05, 3.63) is 45.8 Å². The fourth-order valence-electron chi connectivity index (χ4n) is 1.81. The summed E-state index contributed by atoms with van der Waals surface area (Å²) < 4.78 is 5.10. The maximum Gasteiger partial charge on any atom is 0.230 e. The lowest BCUT2D eigenvalue weighted by atomic mass is 10.0. The number of rotatable bonds is 2. The van der Waals surface area contributed by atoms with Crippen molar-refractivity contribution in [2.75, 3.05) is 5.73 Å². The lowest BCUT2D eigenvalue weighted by molar-refractivity contribution is 0.439. The maximum absolute atomic E-state index is 6.04. The molecule has 2 heterocycles. The van der Waals surface area contributed by atoms with Crippen molar-refractivity contribution in [2.24, 2.45) is 0 Å². The van der Waals surface area contributed by atoms with Crippen molar-refractivity contribution in [1.82, 2.24) is 5.16 Å². The van der Waals surface area contributed by atoms with Gasteiger partial charge in [0.1, 0.15) is 5.69 Å². The summed E-state index contributed by atoms with van der Waals surface area (Å²) in [6, 6.07) is 9.23. The smallest absolute Gasteiger partial charge is 0.230 e. The molecule has 0 aliphatic heterocycles. The van der Waals surface area contributed by atoms with E-state index in [1.54, 1.807) is 23.5 Å². The molecule has 0 unspecified atom stereocenters. The molecule has 0 saturated carbocycles. The monoisotopic (exact) mass is 310 g/mol. The molecule has 2 N–H and O–H groups in total. The van der Waals surface area contributed by atoms with E-state index in [1.807, 2.05) is 23.6 Å². The number of hydrogen-bond acceptors (Lipinski definition) is 4. The van der Waals surface area contributed by atoms with E-state index in [-0.39, 0.29) is 5.88 Å². The first-order chi connectivity index (χ1) is 9.16. The molecule has 0 amide bonds. The molecule has 96 valence electrons. The largest absolute Gasteiger partial charge is 0.367 e. The molecule has 0 saturated heterocycles. The summed E-state index contributed by atoms with van der Waals surface area (Å²) in [6.45, 7) is 0. The predicted molar refractivity (Wildman–Crippen MR) is 79.7 cm³/mol. The van der Waals surface area contributed by atoms with Gasteiger partial charge in [-0.25, -0.2) is 0 Å². The van der Waals surface area contributed by atoms with Gasteiger partial charge in [-0.05, 0) is 29.1 Å². The molecule has 0 aliphatic rings. The van der Waals surface area contributed by atoms with E-state index in [2.05, 4.69) is 5.16 Å². The zero-order chi connectivity index (χ0) is 13.4. The Hall–Kier alpha value is -1.49. The molecule has 3 nitrogen and oxygen atoms in total. The SMILES string of the molecule is Nc1onc(-c2cccs2)c1-c1ccc(Cl)c(Cl)c1. The molecular formula is C13H8Cl2N2OS. The summed E-state index contributed by atoms with van der Waals surface area (Å²) in [4.78, 5) is 0.988. The van der Waals surface area contributed by atoms with E-state index in [4.69, 9.17) is 33.5 Å². The number of halogens is 2. The molecule has 0 bridgehead atoms. The van der Waals surface area contributed by atoms with Crippen LogP contribution < -0.4 is 5.73 Å². The van der Waals surface area contributed by atoms with Crippen LogP contribution in [-0.4, -0.2) is 5.16 Å². The van der Waals surface area contributed by atoms with Crippen LogP contribution in [0.4, 0.5) is 5.88 Å². The van der Waals surface area contributed by atoms with Crippen LogP contribution in [0.25, 0.3) is 21.7 Å². The van der Waals surface area contributed by atoms with Gasteiger partial charge in [-0.15, -0.1) is 11.3 Å².